The van der Waals surface area contributed by atoms with Crippen molar-refractivity contribution in [2.75, 3.05) is 5.73 Å². The van der Waals surface area contributed by atoms with Crippen LogP contribution in [0.3, 0.4) is 0 Å². The molecule has 1 aromatic rings. The monoisotopic (exact) mass is 233 g/mol. The Bertz CT molecular complexity index is 434. The molecule has 3 heteroatoms. The van der Waals surface area contributed by atoms with Crippen LogP contribution < -0.4 is 5.73 Å². The highest BCUT2D eigenvalue weighted by atomic mass is 16.5. The standard InChI is InChI=1S/C14H19NO2/c1-9-7-10(2)13(15)12(8-9)14(16)17-11-5-3-4-6-11/h7-8,11H,3-6,15H2,1-2H3. The van der Waals surface area contributed by atoms with Crippen molar-refractivity contribution in [1.82, 2.24) is 0 Å². The predicted octanol–water partition coefficient (Wildman–Crippen LogP) is 2.99. The maximum atomic E-state index is 12.0. The summed E-state index contributed by atoms with van der Waals surface area (Å²) in [5, 5.41) is 0. The third kappa shape index (κ3) is 2.60. The summed E-state index contributed by atoms with van der Waals surface area (Å²) in [5.41, 5.74) is 8.95. The molecule has 0 saturated heterocycles. The van der Waals surface area contributed by atoms with Crippen LogP contribution in [0.25, 0.3) is 0 Å². The van der Waals surface area contributed by atoms with E-state index in [1.807, 2.05) is 19.9 Å². The normalized spacial score (nSPS) is 16.1. The molecule has 0 unspecified atom stereocenters. The molecule has 0 heterocycles. The SMILES string of the molecule is Cc1cc(C)c(N)c(C(=O)OC2CCCC2)c1. The lowest BCUT2D eigenvalue weighted by atomic mass is 10.0. The smallest absolute Gasteiger partial charge is 0.340 e. The second-order valence-electron chi connectivity index (χ2n) is 4.85. The molecule has 92 valence electrons. The second-order valence-corrected chi connectivity index (χ2v) is 4.85. The fourth-order valence-corrected chi connectivity index (χ4v) is 2.37. The van der Waals surface area contributed by atoms with Crippen LogP contribution in [0.2, 0.25) is 0 Å². The van der Waals surface area contributed by atoms with Gasteiger partial charge in [-0.05, 0) is 56.7 Å². The third-order valence-electron chi connectivity index (χ3n) is 3.33. The number of hydrogen-bond acceptors (Lipinski definition) is 3. The quantitative estimate of drug-likeness (QED) is 0.631. The van der Waals surface area contributed by atoms with E-state index >= 15 is 0 Å². The van der Waals surface area contributed by atoms with Gasteiger partial charge in [0.15, 0.2) is 0 Å². The van der Waals surface area contributed by atoms with E-state index in [9.17, 15) is 4.79 Å². The van der Waals surface area contributed by atoms with Crippen molar-refractivity contribution in [2.24, 2.45) is 0 Å². The zero-order valence-electron chi connectivity index (χ0n) is 10.5. The maximum absolute atomic E-state index is 12.0. The first kappa shape index (κ1) is 12.0. The molecule has 3 nitrogen and oxygen atoms in total. The molecule has 0 amide bonds. The Labute approximate surface area is 102 Å². The highest BCUT2D eigenvalue weighted by Gasteiger charge is 2.21. The number of carbonyl (C=O) groups excluding carboxylic acids is 1. The minimum atomic E-state index is -0.277. The number of hydrogen-bond donors (Lipinski definition) is 1. The van der Waals surface area contributed by atoms with E-state index in [-0.39, 0.29) is 12.1 Å². The van der Waals surface area contributed by atoms with E-state index in [0.29, 0.717) is 11.3 Å². The van der Waals surface area contributed by atoms with Crippen molar-refractivity contribution in [1.29, 1.82) is 0 Å². The van der Waals surface area contributed by atoms with Gasteiger partial charge in [-0.2, -0.15) is 0 Å². The first-order chi connectivity index (χ1) is 8.08. The first-order valence-electron chi connectivity index (χ1n) is 6.15. The molecule has 0 bridgehead atoms. The Kier molecular flexibility index (Phi) is 3.36. The van der Waals surface area contributed by atoms with Crippen molar-refractivity contribution >= 4 is 11.7 Å². The Balaban J connectivity index is 2.18. The third-order valence-corrected chi connectivity index (χ3v) is 3.33. The fourth-order valence-electron chi connectivity index (χ4n) is 2.37. The van der Waals surface area contributed by atoms with Gasteiger partial charge >= 0.3 is 5.97 Å². The van der Waals surface area contributed by atoms with Gasteiger partial charge in [0, 0.05) is 5.69 Å². The number of esters is 1. The topological polar surface area (TPSA) is 52.3 Å². The molecule has 2 rings (SSSR count). The number of benzene rings is 1. The van der Waals surface area contributed by atoms with Crippen LogP contribution >= 0.6 is 0 Å². The van der Waals surface area contributed by atoms with Gasteiger partial charge in [0.25, 0.3) is 0 Å². The van der Waals surface area contributed by atoms with E-state index in [1.165, 1.54) is 0 Å². The van der Waals surface area contributed by atoms with Crippen molar-refractivity contribution in [2.45, 2.75) is 45.6 Å². The van der Waals surface area contributed by atoms with Crippen molar-refractivity contribution in [3.05, 3.63) is 28.8 Å². The molecular weight excluding hydrogens is 214 g/mol. The van der Waals surface area contributed by atoms with Crippen LogP contribution in [0.5, 0.6) is 0 Å². The second kappa shape index (κ2) is 4.78. The van der Waals surface area contributed by atoms with Crippen LogP contribution in [0.1, 0.15) is 47.2 Å². The van der Waals surface area contributed by atoms with Gasteiger partial charge in [-0.3, -0.25) is 0 Å². The zero-order valence-corrected chi connectivity index (χ0v) is 10.5. The van der Waals surface area contributed by atoms with Gasteiger partial charge in [0.1, 0.15) is 6.10 Å². The summed E-state index contributed by atoms with van der Waals surface area (Å²) in [6, 6.07) is 3.78. The molecule has 0 aromatic heterocycles. The van der Waals surface area contributed by atoms with Crippen LogP contribution in [0, 0.1) is 13.8 Å². The van der Waals surface area contributed by atoms with Crippen LogP contribution in [0.4, 0.5) is 5.69 Å². The van der Waals surface area contributed by atoms with E-state index in [1.54, 1.807) is 6.07 Å². The minimum absolute atomic E-state index is 0.0859. The summed E-state index contributed by atoms with van der Waals surface area (Å²) in [5.74, 6) is -0.277. The van der Waals surface area contributed by atoms with Gasteiger partial charge in [0.2, 0.25) is 0 Å². The van der Waals surface area contributed by atoms with Crippen molar-refractivity contribution in [3.8, 4) is 0 Å². The molecule has 0 radical (unpaired) electrons. The summed E-state index contributed by atoms with van der Waals surface area (Å²) in [7, 11) is 0. The van der Waals surface area contributed by atoms with E-state index in [4.69, 9.17) is 10.5 Å². The summed E-state index contributed by atoms with van der Waals surface area (Å²) in [4.78, 5) is 12.0. The van der Waals surface area contributed by atoms with Crippen molar-refractivity contribution < 1.29 is 9.53 Å². The predicted molar refractivity (Wildman–Crippen MR) is 68.0 cm³/mol. The number of nitrogen functional groups attached to an aromatic ring is 1. The van der Waals surface area contributed by atoms with Gasteiger partial charge in [-0.15, -0.1) is 0 Å². The summed E-state index contributed by atoms with van der Waals surface area (Å²) < 4.78 is 5.47. The number of rotatable bonds is 2. The largest absolute Gasteiger partial charge is 0.459 e. The zero-order chi connectivity index (χ0) is 12.4. The summed E-state index contributed by atoms with van der Waals surface area (Å²) in [6.07, 6.45) is 4.36. The van der Waals surface area contributed by atoms with Gasteiger partial charge in [-0.25, -0.2) is 4.79 Å². The summed E-state index contributed by atoms with van der Waals surface area (Å²) >= 11 is 0. The van der Waals surface area contributed by atoms with Crippen LogP contribution in [-0.2, 0) is 4.74 Å². The molecule has 1 aromatic carbocycles. The van der Waals surface area contributed by atoms with Crippen LogP contribution in [0.15, 0.2) is 12.1 Å². The molecule has 0 atom stereocenters. The lowest BCUT2D eigenvalue weighted by Crippen LogP contribution is -2.16. The van der Waals surface area contributed by atoms with Crippen LogP contribution in [-0.4, -0.2) is 12.1 Å². The average Bonchev–Trinajstić information content (AvgIpc) is 2.76. The summed E-state index contributed by atoms with van der Waals surface area (Å²) in [6.45, 7) is 3.87. The molecule has 1 fully saturated rings. The lowest BCUT2D eigenvalue weighted by molar-refractivity contribution is 0.0319. The highest BCUT2D eigenvalue weighted by Crippen LogP contribution is 2.25. The average molecular weight is 233 g/mol. The molecule has 1 saturated carbocycles. The number of aryl methyl sites for hydroxylation is 2. The Morgan fingerprint density at radius 2 is 1.94 bits per heavy atom. The number of ether oxygens (including phenoxy) is 1. The van der Waals surface area contributed by atoms with Gasteiger partial charge in [0.05, 0.1) is 5.56 Å². The Morgan fingerprint density at radius 3 is 2.59 bits per heavy atom. The molecule has 1 aliphatic carbocycles. The molecule has 2 N–H and O–H groups in total. The molecule has 1 aliphatic rings. The van der Waals surface area contributed by atoms with Gasteiger partial charge in [-0.1, -0.05) is 6.07 Å². The van der Waals surface area contributed by atoms with Gasteiger partial charge < -0.3 is 10.5 Å². The van der Waals surface area contributed by atoms with Crippen molar-refractivity contribution in [3.63, 3.8) is 0 Å². The van der Waals surface area contributed by atoms with E-state index in [0.717, 1.165) is 36.8 Å². The molecule has 0 spiro atoms. The molecule has 0 aliphatic heterocycles. The lowest BCUT2D eigenvalue weighted by Gasteiger charge is -2.14. The fraction of sp³-hybridized carbons (Fsp3) is 0.500. The Morgan fingerprint density at radius 1 is 1.29 bits per heavy atom. The Hall–Kier alpha value is -1.51. The maximum Gasteiger partial charge on any atom is 0.340 e. The molecular formula is C14H19NO2. The molecule has 17 heavy (non-hydrogen) atoms. The first-order valence-corrected chi connectivity index (χ1v) is 6.15. The number of nitrogens with two attached hydrogens (primary N) is 1. The van der Waals surface area contributed by atoms with E-state index < -0.39 is 0 Å². The van der Waals surface area contributed by atoms with E-state index in [2.05, 4.69) is 0 Å². The number of carbonyl (C=O) groups is 1. The minimum Gasteiger partial charge on any atom is -0.459 e. The number of anilines is 1. The highest BCUT2D eigenvalue weighted by molar-refractivity contribution is 5.96.